The van der Waals surface area contributed by atoms with E-state index in [2.05, 4.69) is 11.2 Å². The van der Waals surface area contributed by atoms with Gasteiger partial charge in [0.1, 0.15) is 0 Å². The van der Waals surface area contributed by atoms with E-state index in [1.54, 1.807) is 0 Å². The zero-order valence-electron chi connectivity index (χ0n) is 9.06. The normalized spacial score (nSPS) is 14.8. The molecule has 0 amide bonds. The van der Waals surface area contributed by atoms with E-state index < -0.39 is 0 Å². The molecule has 1 aliphatic carbocycles. The van der Waals surface area contributed by atoms with Gasteiger partial charge in [-0.2, -0.15) is 5.10 Å². The summed E-state index contributed by atoms with van der Waals surface area (Å²) in [5, 5.41) is 5.43. The van der Waals surface area contributed by atoms with Crippen LogP contribution in [-0.2, 0) is 7.05 Å². The van der Waals surface area contributed by atoms with Crippen LogP contribution < -0.4 is 5.73 Å². The van der Waals surface area contributed by atoms with Gasteiger partial charge in [0.25, 0.3) is 0 Å². The maximum Gasteiger partial charge on any atom is 0.0923 e. The van der Waals surface area contributed by atoms with Crippen molar-refractivity contribution >= 4 is 10.9 Å². The molecule has 0 atom stereocenters. The smallest absolute Gasteiger partial charge is 0.0923 e. The van der Waals surface area contributed by atoms with E-state index in [0.29, 0.717) is 0 Å². The summed E-state index contributed by atoms with van der Waals surface area (Å²) in [5.41, 5.74) is 6.29. The summed E-state index contributed by atoms with van der Waals surface area (Å²) in [6.07, 6.45) is 4.78. The van der Waals surface area contributed by atoms with Crippen LogP contribution in [0.1, 0.15) is 12.8 Å². The highest BCUT2D eigenvalue weighted by atomic mass is 15.2. The van der Waals surface area contributed by atoms with E-state index in [1.165, 1.54) is 18.2 Å². The largest absolute Gasteiger partial charge is 0.330 e. The molecular weight excluding hydrogens is 186 g/mol. The molecule has 0 bridgehead atoms. The standard InChI is InChI=1S/C8H8N2.C4H9N/c1-10-6-7-4-2-3-5-8(7)9-10;5-3-4-1-2-4/h2-6H,1H3;4H,1-3,5H2. The van der Waals surface area contributed by atoms with E-state index in [-0.39, 0.29) is 0 Å². The van der Waals surface area contributed by atoms with Gasteiger partial charge in [-0.3, -0.25) is 4.68 Å². The van der Waals surface area contributed by atoms with Crippen LogP contribution in [0.3, 0.4) is 0 Å². The van der Waals surface area contributed by atoms with Crippen LogP contribution >= 0.6 is 0 Å². The molecule has 1 aliphatic rings. The summed E-state index contributed by atoms with van der Waals surface area (Å²) in [4.78, 5) is 0. The molecule has 0 saturated heterocycles. The zero-order chi connectivity index (χ0) is 10.7. The number of nitrogens with two attached hydrogens (primary N) is 1. The Labute approximate surface area is 89.9 Å². The molecular formula is C12H17N3. The summed E-state index contributed by atoms with van der Waals surface area (Å²) in [6, 6.07) is 8.08. The molecule has 0 radical (unpaired) electrons. The molecule has 0 unspecified atom stereocenters. The maximum absolute atomic E-state index is 5.23. The van der Waals surface area contributed by atoms with Crippen LogP contribution in [0.5, 0.6) is 0 Å². The van der Waals surface area contributed by atoms with Crippen molar-refractivity contribution in [2.45, 2.75) is 12.8 Å². The molecule has 80 valence electrons. The first-order valence-corrected chi connectivity index (χ1v) is 5.38. The van der Waals surface area contributed by atoms with Gasteiger partial charge in [0, 0.05) is 18.6 Å². The molecule has 1 aromatic carbocycles. The minimum absolute atomic E-state index is 0.912. The van der Waals surface area contributed by atoms with Crippen molar-refractivity contribution in [1.29, 1.82) is 0 Å². The fourth-order valence-electron chi connectivity index (χ4n) is 1.44. The first-order valence-electron chi connectivity index (χ1n) is 5.38. The summed E-state index contributed by atoms with van der Waals surface area (Å²) in [5.74, 6) is 0.912. The zero-order valence-corrected chi connectivity index (χ0v) is 9.06. The van der Waals surface area contributed by atoms with E-state index >= 15 is 0 Å². The minimum atomic E-state index is 0.912. The monoisotopic (exact) mass is 203 g/mol. The van der Waals surface area contributed by atoms with Gasteiger partial charge < -0.3 is 5.73 Å². The average Bonchev–Trinajstić information content (AvgIpc) is 3.00. The fraction of sp³-hybridized carbons (Fsp3) is 0.417. The third-order valence-electron chi connectivity index (χ3n) is 2.56. The van der Waals surface area contributed by atoms with Crippen molar-refractivity contribution < 1.29 is 0 Å². The van der Waals surface area contributed by atoms with Crippen molar-refractivity contribution in [3.63, 3.8) is 0 Å². The van der Waals surface area contributed by atoms with E-state index in [4.69, 9.17) is 5.73 Å². The lowest BCUT2D eigenvalue weighted by molar-refractivity contribution is 0.780. The number of benzene rings is 1. The number of aryl methyl sites for hydroxylation is 1. The molecule has 2 aromatic rings. The molecule has 0 aliphatic heterocycles. The Kier molecular flexibility index (Phi) is 3.02. The fourth-order valence-corrected chi connectivity index (χ4v) is 1.44. The first kappa shape index (κ1) is 10.2. The highest BCUT2D eigenvalue weighted by molar-refractivity contribution is 5.77. The topological polar surface area (TPSA) is 43.8 Å². The van der Waals surface area contributed by atoms with Crippen LogP contribution in [0.4, 0.5) is 0 Å². The molecule has 3 rings (SSSR count). The Morgan fingerprint density at radius 2 is 2.13 bits per heavy atom. The van der Waals surface area contributed by atoms with Gasteiger partial charge in [0.05, 0.1) is 5.52 Å². The lowest BCUT2D eigenvalue weighted by atomic mass is 10.3. The molecule has 3 nitrogen and oxygen atoms in total. The molecule has 1 aromatic heterocycles. The lowest BCUT2D eigenvalue weighted by Crippen LogP contribution is -1.98. The number of fused-ring (bicyclic) bond motifs is 1. The molecule has 0 spiro atoms. The second kappa shape index (κ2) is 4.45. The van der Waals surface area contributed by atoms with Gasteiger partial charge >= 0.3 is 0 Å². The Hall–Kier alpha value is -1.35. The number of rotatable bonds is 1. The van der Waals surface area contributed by atoms with Crippen molar-refractivity contribution in [1.82, 2.24) is 9.78 Å². The third-order valence-corrected chi connectivity index (χ3v) is 2.56. The molecule has 1 fully saturated rings. The Morgan fingerprint density at radius 1 is 1.40 bits per heavy atom. The second-order valence-electron chi connectivity index (χ2n) is 4.04. The van der Waals surface area contributed by atoms with Crippen molar-refractivity contribution in [2.75, 3.05) is 6.54 Å². The van der Waals surface area contributed by atoms with Gasteiger partial charge in [0.2, 0.25) is 0 Å². The first-order chi connectivity index (χ1) is 7.29. The summed E-state index contributed by atoms with van der Waals surface area (Å²) >= 11 is 0. The van der Waals surface area contributed by atoms with Crippen LogP contribution in [0.2, 0.25) is 0 Å². The van der Waals surface area contributed by atoms with Gasteiger partial charge in [-0.1, -0.05) is 18.2 Å². The van der Waals surface area contributed by atoms with E-state index in [9.17, 15) is 0 Å². The van der Waals surface area contributed by atoms with Crippen LogP contribution in [0.25, 0.3) is 10.9 Å². The number of hydrogen-bond acceptors (Lipinski definition) is 2. The summed E-state index contributed by atoms with van der Waals surface area (Å²) < 4.78 is 1.82. The molecule has 15 heavy (non-hydrogen) atoms. The van der Waals surface area contributed by atoms with Crippen LogP contribution in [0.15, 0.2) is 30.5 Å². The quantitative estimate of drug-likeness (QED) is 0.769. The van der Waals surface area contributed by atoms with Gasteiger partial charge in [0.15, 0.2) is 0 Å². The predicted octanol–water partition coefficient (Wildman–Crippen LogP) is 1.93. The van der Waals surface area contributed by atoms with Crippen molar-refractivity contribution in [3.8, 4) is 0 Å². The highest BCUT2D eigenvalue weighted by Crippen LogP contribution is 2.26. The predicted molar refractivity (Wildman–Crippen MR) is 62.5 cm³/mol. The lowest BCUT2D eigenvalue weighted by Gasteiger charge is -1.80. The maximum atomic E-state index is 5.23. The van der Waals surface area contributed by atoms with Crippen molar-refractivity contribution in [3.05, 3.63) is 30.5 Å². The average molecular weight is 203 g/mol. The third kappa shape index (κ3) is 2.80. The SMILES string of the molecule is Cn1cc2ccccc2n1.NCC1CC1. The molecule has 1 saturated carbocycles. The van der Waals surface area contributed by atoms with Gasteiger partial charge in [-0.25, -0.2) is 0 Å². The number of aromatic nitrogens is 2. The molecule has 1 heterocycles. The van der Waals surface area contributed by atoms with E-state index in [0.717, 1.165) is 18.0 Å². The van der Waals surface area contributed by atoms with Crippen molar-refractivity contribution in [2.24, 2.45) is 18.7 Å². The Bertz CT molecular complexity index is 396. The van der Waals surface area contributed by atoms with Crippen LogP contribution in [0, 0.1) is 5.92 Å². The summed E-state index contributed by atoms with van der Waals surface area (Å²) in [6.45, 7) is 0.917. The van der Waals surface area contributed by atoms with Gasteiger partial charge in [-0.15, -0.1) is 0 Å². The molecule has 3 heteroatoms. The summed E-state index contributed by atoms with van der Waals surface area (Å²) in [7, 11) is 1.93. The minimum Gasteiger partial charge on any atom is -0.330 e. The Balaban J connectivity index is 0.000000144. The van der Waals surface area contributed by atoms with Crippen LogP contribution in [-0.4, -0.2) is 16.3 Å². The Morgan fingerprint density at radius 3 is 2.67 bits per heavy atom. The second-order valence-corrected chi connectivity index (χ2v) is 4.04. The number of nitrogens with zero attached hydrogens (tertiary/aromatic N) is 2. The number of hydrogen-bond donors (Lipinski definition) is 1. The van der Waals surface area contributed by atoms with Gasteiger partial charge in [-0.05, 0) is 31.4 Å². The molecule has 2 N–H and O–H groups in total. The van der Waals surface area contributed by atoms with E-state index in [1.807, 2.05) is 36.1 Å². The highest BCUT2D eigenvalue weighted by Gasteiger charge is 2.17.